The van der Waals surface area contributed by atoms with Crippen molar-refractivity contribution in [2.45, 2.75) is 18.9 Å². The Hall–Kier alpha value is -4.01. The Morgan fingerprint density at radius 3 is 2.67 bits per heavy atom. The average molecular weight is 450 g/mol. The number of hydrogen-bond acceptors (Lipinski definition) is 5. The zero-order chi connectivity index (χ0) is 23.1. The van der Waals surface area contributed by atoms with Crippen LogP contribution in [0.2, 0.25) is 0 Å². The average Bonchev–Trinajstić information content (AvgIpc) is 2.82. The van der Waals surface area contributed by atoms with E-state index in [4.69, 9.17) is 0 Å². The molecule has 33 heavy (non-hydrogen) atoms. The van der Waals surface area contributed by atoms with Crippen molar-refractivity contribution in [2.24, 2.45) is 0 Å². The van der Waals surface area contributed by atoms with Gasteiger partial charge in [0.15, 0.2) is 11.4 Å². The maximum Gasteiger partial charge on any atom is 0.278 e. The van der Waals surface area contributed by atoms with Crippen LogP contribution in [0.4, 0.5) is 8.78 Å². The van der Waals surface area contributed by atoms with E-state index < -0.39 is 34.9 Å². The maximum atomic E-state index is 15.0. The monoisotopic (exact) mass is 450 g/mol. The molecular formula is C24H20F2N4O3. The molecule has 9 heteroatoms. The van der Waals surface area contributed by atoms with Gasteiger partial charge in [-0.25, -0.2) is 9.37 Å². The van der Waals surface area contributed by atoms with Crippen molar-refractivity contribution in [3.63, 3.8) is 0 Å². The Morgan fingerprint density at radius 1 is 1.03 bits per heavy atom. The molecule has 1 N–H and O–H groups in total. The molecule has 4 heterocycles. The fourth-order valence-corrected chi connectivity index (χ4v) is 4.43. The van der Waals surface area contributed by atoms with Crippen LogP contribution >= 0.6 is 0 Å². The van der Waals surface area contributed by atoms with Crippen LogP contribution in [0.5, 0.6) is 5.75 Å². The largest absolute Gasteiger partial charge is 0.502 e. The van der Waals surface area contributed by atoms with Crippen LogP contribution in [0.3, 0.4) is 0 Å². The van der Waals surface area contributed by atoms with E-state index in [1.54, 1.807) is 29.3 Å². The summed E-state index contributed by atoms with van der Waals surface area (Å²) in [4.78, 5) is 30.8. The second-order valence-electron chi connectivity index (χ2n) is 7.94. The van der Waals surface area contributed by atoms with Crippen LogP contribution in [0.15, 0.2) is 65.6 Å². The quantitative estimate of drug-likeness (QED) is 0.456. The van der Waals surface area contributed by atoms with E-state index >= 15 is 0 Å². The number of aromatic hydroxyl groups is 1. The Labute approximate surface area is 187 Å². The van der Waals surface area contributed by atoms with Crippen LogP contribution in [0.25, 0.3) is 0 Å². The fraction of sp³-hybridized carbons (Fsp3) is 0.208. The van der Waals surface area contributed by atoms with Crippen molar-refractivity contribution in [2.75, 3.05) is 18.2 Å². The van der Waals surface area contributed by atoms with E-state index in [1.807, 2.05) is 6.08 Å². The van der Waals surface area contributed by atoms with Crippen LogP contribution in [-0.2, 0) is 6.42 Å². The van der Waals surface area contributed by atoms with Gasteiger partial charge in [0.25, 0.3) is 5.91 Å². The number of halogens is 2. The van der Waals surface area contributed by atoms with Gasteiger partial charge in [-0.1, -0.05) is 30.4 Å². The summed E-state index contributed by atoms with van der Waals surface area (Å²) in [5.74, 6) is -2.29. The molecule has 1 unspecified atom stereocenters. The molecular weight excluding hydrogens is 430 g/mol. The number of benzene rings is 1. The van der Waals surface area contributed by atoms with Gasteiger partial charge in [-0.15, -0.1) is 0 Å². The molecule has 5 rings (SSSR count). The number of amides is 1. The third-order valence-corrected chi connectivity index (χ3v) is 5.95. The van der Waals surface area contributed by atoms with Gasteiger partial charge in [0.1, 0.15) is 18.5 Å². The normalized spacial score (nSPS) is 18.8. The Morgan fingerprint density at radius 2 is 1.85 bits per heavy atom. The molecule has 2 aromatic heterocycles. The predicted molar refractivity (Wildman–Crippen MR) is 116 cm³/mol. The minimum absolute atomic E-state index is 0.0390. The number of allylic oxidation sites excluding steroid dienone is 1. The van der Waals surface area contributed by atoms with Gasteiger partial charge in [-0.2, -0.15) is 4.39 Å². The summed E-state index contributed by atoms with van der Waals surface area (Å²) in [5, 5.41) is 12.2. The zero-order valence-corrected chi connectivity index (χ0v) is 17.5. The smallest absolute Gasteiger partial charge is 0.278 e. The molecule has 2 bridgehead atoms. The van der Waals surface area contributed by atoms with E-state index in [0.717, 1.165) is 6.07 Å². The van der Waals surface area contributed by atoms with Gasteiger partial charge in [0.05, 0.1) is 5.69 Å². The number of pyridine rings is 2. The number of nitrogens with zero attached hydrogens (tertiary/aromatic N) is 4. The van der Waals surface area contributed by atoms with Gasteiger partial charge in [-0.3, -0.25) is 19.3 Å². The molecule has 1 atom stereocenters. The first-order valence-corrected chi connectivity index (χ1v) is 10.5. The third-order valence-electron chi connectivity index (χ3n) is 5.95. The number of aromatic nitrogens is 2. The van der Waals surface area contributed by atoms with E-state index in [1.165, 1.54) is 34.0 Å². The number of rotatable bonds is 1. The van der Waals surface area contributed by atoms with Crippen molar-refractivity contribution in [3.05, 3.63) is 105 Å². The highest BCUT2D eigenvalue weighted by molar-refractivity contribution is 5.96. The van der Waals surface area contributed by atoms with E-state index in [-0.39, 0.29) is 18.9 Å². The SMILES string of the molecule is O=C1c2c(O)c(=O)ccn2N2CN1C/C=C/CCc1c(F)cccc1C2c1cccc(F)n1. The summed E-state index contributed by atoms with van der Waals surface area (Å²) in [6.45, 7) is 0.261. The molecule has 168 valence electrons. The van der Waals surface area contributed by atoms with Gasteiger partial charge < -0.3 is 10.0 Å². The number of carbonyl (C=O) groups is 1. The van der Waals surface area contributed by atoms with Crippen molar-refractivity contribution in [3.8, 4) is 5.75 Å². The highest BCUT2D eigenvalue weighted by Crippen LogP contribution is 2.34. The topological polar surface area (TPSA) is 78.7 Å². The first-order valence-electron chi connectivity index (χ1n) is 10.5. The summed E-state index contributed by atoms with van der Waals surface area (Å²) < 4.78 is 30.6. The van der Waals surface area contributed by atoms with Crippen molar-refractivity contribution < 1.29 is 18.7 Å². The van der Waals surface area contributed by atoms with E-state index in [9.17, 15) is 23.5 Å². The lowest BCUT2D eigenvalue weighted by atomic mass is 9.93. The van der Waals surface area contributed by atoms with Crippen LogP contribution in [0.1, 0.15) is 39.8 Å². The molecule has 7 nitrogen and oxygen atoms in total. The molecule has 0 radical (unpaired) electrons. The molecule has 0 spiro atoms. The number of carbonyl (C=O) groups excluding carboxylic acids is 1. The number of hydrogen-bond donors (Lipinski definition) is 1. The Bertz CT molecular complexity index is 1340. The first-order chi connectivity index (χ1) is 16.0. The molecule has 1 aromatic carbocycles. The van der Waals surface area contributed by atoms with Crippen molar-refractivity contribution in [1.82, 2.24) is 14.6 Å². The molecule has 3 aromatic rings. The van der Waals surface area contributed by atoms with Gasteiger partial charge in [-0.05, 0) is 42.2 Å². The van der Waals surface area contributed by atoms with Gasteiger partial charge >= 0.3 is 0 Å². The fourth-order valence-electron chi connectivity index (χ4n) is 4.43. The van der Waals surface area contributed by atoms with Crippen LogP contribution in [0, 0.1) is 11.8 Å². The van der Waals surface area contributed by atoms with Crippen LogP contribution < -0.4 is 10.4 Å². The minimum atomic E-state index is -0.805. The molecule has 2 aliphatic heterocycles. The number of fused-ring (bicyclic) bond motifs is 5. The lowest BCUT2D eigenvalue weighted by Gasteiger charge is -2.43. The third kappa shape index (κ3) is 3.55. The molecule has 0 saturated carbocycles. The molecule has 0 fully saturated rings. The van der Waals surface area contributed by atoms with E-state index in [0.29, 0.717) is 29.7 Å². The predicted octanol–water partition coefficient (Wildman–Crippen LogP) is 2.87. The van der Waals surface area contributed by atoms with Crippen molar-refractivity contribution >= 4 is 5.91 Å². The lowest BCUT2D eigenvalue weighted by Crippen LogP contribution is -2.55. The Balaban J connectivity index is 1.83. The summed E-state index contributed by atoms with van der Waals surface area (Å²) in [6.07, 6.45) is 5.98. The molecule has 2 aliphatic rings. The molecule has 1 amide bonds. The zero-order valence-electron chi connectivity index (χ0n) is 17.5. The second-order valence-corrected chi connectivity index (χ2v) is 7.94. The second kappa shape index (κ2) is 8.16. The van der Waals surface area contributed by atoms with Crippen LogP contribution in [-0.4, -0.2) is 38.8 Å². The maximum absolute atomic E-state index is 15.0. The first kappa shape index (κ1) is 20.9. The highest BCUT2D eigenvalue weighted by Gasteiger charge is 2.37. The van der Waals surface area contributed by atoms with E-state index in [2.05, 4.69) is 4.98 Å². The minimum Gasteiger partial charge on any atom is -0.502 e. The standard InChI is InChI=1S/C24H20F2N4O3/c25-17-8-4-7-16-15(17)6-2-1-3-12-28-14-30(21(16)18-9-5-10-20(26)27-18)29-13-11-19(31)23(32)22(29)24(28)33/h1,3-5,7-11,13,21,32H,2,6,12,14H2/b3-1+. The molecule has 0 saturated heterocycles. The molecule has 0 aliphatic carbocycles. The Kier molecular flexibility index (Phi) is 5.16. The lowest BCUT2D eigenvalue weighted by molar-refractivity contribution is 0.0700. The van der Waals surface area contributed by atoms with Gasteiger partial charge in [0, 0.05) is 18.8 Å². The highest BCUT2D eigenvalue weighted by atomic mass is 19.1. The van der Waals surface area contributed by atoms with Crippen molar-refractivity contribution in [1.29, 1.82) is 0 Å². The van der Waals surface area contributed by atoms with Gasteiger partial charge in [0.2, 0.25) is 11.4 Å². The summed E-state index contributed by atoms with van der Waals surface area (Å²) >= 11 is 0. The summed E-state index contributed by atoms with van der Waals surface area (Å²) in [7, 11) is 0. The summed E-state index contributed by atoms with van der Waals surface area (Å²) in [5.41, 5.74) is 0.411. The summed E-state index contributed by atoms with van der Waals surface area (Å²) in [6, 6.07) is 9.40.